The predicted molar refractivity (Wildman–Crippen MR) is 197 cm³/mol. The number of aromatic nitrogens is 3. The molecule has 0 spiro atoms. The molecule has 1 atom stereocenters. The molecular weight excluding hydrogens is 625 g/mol. The van der Waals surface area contributed by atoms with E-state index < -0.39 is 15.6 Å². The molecule has 246 valence electrons. The highest BCUT2D eigenvalue weighted by atomic mass is 32.2. The molecule has 0 aliphatic carbocycles. The van der Waals surface area contributed by atoms with Crippen molar-refractivity contribution in [2.75, 3.05) is 6.54 Å². The smallest absolute Gasteiger partial charge is 0.268 e. The van der Waals surface area contributed by atoms with Gasteiger partial charge in [0.15, 0.2) is 0 Å². The molecule has 0 unspecified atom stereocenters. The van der Waals surface area contributed by atoms with Gasteiger partial charge in [0, 0.05) is 35.8 Å². The molecule has 0 amide bonds. The van der Waals surface area contributed by atoms with Crippen molar-refractivity contribution in [1.82, 2.24) is 18.8 Å². The maximum atomic E-state index is 14.0. The van der Waals surface area contributed by atoms with Crippen LogP contribution in [0.2, 0.25) is 0 Å². The van der Waals surface area contributed by atoms with Gasteiger partial charge in [-0.05, 0) is 61.2 Å². The Bertz CT molecular complexity index is 2200. The quantitative estimate of drug-likeness (QED) is 0.141. The molecule has 0 aliphatic rings. The Morgan fingerprint density at radius 3 is 1.73 bits per heavy atom. The maximum absolute atomic E-state index is 14.0. The summed E-state index contributed by atoms with van der Waals surface area (Å²) in [6, 6.07) is 48.1. The summed E-state index contributed by atoms with van der Waals surface area (Å²) in [6.07, 6.45) is 2.49. The molecule has 49 heavy (non-hydrogen) atoms. The number of para-hydroxylation sites is 1. The number of nitrogens with zero attached hydrogens (tertiary/aromatic N) is 3. The Hall–Kier alpha value is -5.24. The molecule has 0 radical (unpaired) electrons. The summed E-state index contributed by atoms with van der Waals surface area (Å²) in [5, 5.41) is 4.62. The molecule has 7 heteroatoms. The first-order valence-corrected chi connectivity index (χ1v) is 18.1. The van der Waals surface area contributed by atoms with E-state index in [0.717, 1.165) is 44.7 Å². The third-order valence-corrected chi connectivity index (χ3v) is 11.5. The zero-order chi connectivity index (χ0) is 34.0. The highest BCUT2D eigenvalue weighted by Gasteiger charge is 2.40. The van der Waals surface area contributed by atoms with Crippen LogP contribution in [0.15, 0.2) is 157 Å². The van der Waals surface area contributed by atoms with Crippen LogP contribution in [0.1, 0.15) is 52.3 Å². The Labute approximate surface area is 288 Å². The summed E-state index contributed by atoms with van der Waals surface area (Å²) in [5.74, 6) is 0. The van der Waals surface area contributed by atoms with Gasteiger partial charge in [-0.15, -0.1) is 0 Å². The van der Waals surface area contributed by atoms with E-state index in [1.54, 1.807) is 24.3 Å². The molecule has 0 bridgehead atoms. The van der Waals surface area contributed by atoms with Gasteiger partial charge in [-0.3, -0.25) is 0 Å². The second-order valence-corrected chi connectivity index (χ2v) is 14.3. The minimum absolute atomic E-state index is 0.0925. The summed E-state index contributed by atoms with van der Waals surface area (Å²) >= 11 is 0. The second-order valence-electron chi connectivity index (χ2n) is 12.5. The number of hydrogen-bond acceptors (Lipinski definition) is 4. The number of benzene rings is 5. The molecule has 0 aliphatic heterocycles. The third-order valence-electron chi connectivity index (χ3n) is 9.69. The van der Waals surface area contributed by atoms with Gasteiger partial charge in [0.1, 0.15) is 5.54 Å². The van der Waals surface area contributed by atoms with Crippen LogP contribution in [-0.4, -0.2) is 28.5 Å². The van der Waals surface area contributed by atoms with Crippen LogP contribution in [0.5, 0.6) is 0 Å². The van der Waals surface area contributed by atoms with Crippen LogP contribution >= 0.6 is 0 Å². The monoisotopic (exact) mass is 664 g/mol. The van der Waals surface area contributed by atoms with Gasteiger partial charge >= 0.3 is 0 Å². The van der Waals surface area contributed by atoms with Crippen molar-refractivity contribution < 1.29 is 8.42 Å². The number of fused-ring (bicyclic) bond motifs is 1. The van der Waals surface area contributed by atoms with Crippen molar-refractivity contribution in [3.63, 3.8) is 0 Å². The lowest BCUT2D eigenvalue weighted by molar-refractivity contribution is 0.499. The van der Waals surface area contributed by atoms with E-state index in [9.17, 15) is 8.42 Å². The van der Waals surface area contributed by atoms with E-state index in [0.29, 0.717) is 18.5 Å². The molecule has 7 rings (SSSR count). The standard InChI is InChI=1S/C42H40N4O2S/c1-31-38-26-16-17-27-40(38)46(49(47,48)37-24-14-7-15-25-37)39(31)28-29-43-32(2)41-33(3)45(30-44-41)42(34-18-8-4-9-19-34,35-20-10-5-11-21-35)36-22-12-6-13-23-36/h4-27,30,32,43H,28-29H2,1-3H3/t32-/m0/s1. The lowest BCUT2D eigenvalue weighted by Crippen LogP contribution is -2.38. The number of hydrogen-bond donors (Lipinski definition) is 1. The zero-order valence-corrected chi connectivity index (χ0v) is 28.8. The predicted octanol–water partition coefficient (Wildman–Crippen LogP) is 8.43. The van der Waals surface area contributed by atoms with Crippen molar-refractivity contribution in [1.29, 1.82) is 0 Å². The molecule has 0 saturated carbocycles. The van der Waals surface area contributed by atoms with Gasteiger partial charge in [-0.25, -0.2) is 17.4 Å². The Kier molecular flexibility index (Phi) is 8.80. The van der Waals surface area contributed by atoms with Crippen molar-refractivity contribution in [3.8, 4) is 0 Å². The first kappa shape index (κ1) is 32.3. The normalized spacial score (nSPS) is 12.7. The SMILES string of the molecule is Cc1c(CCN[C@@H](C)c2ncn(C(c3ccccc3)(c3ccccc3)c3ccccc3)c2C)n(S(=O)(=O)c2ccccc2)c2ccccc12. The lowest BCUT2D eigenvalue weighted by Gasteiger charge is -2.38. The minimum Gasteiger partial charge on any atom is -0.316 e. The topological polar surface area (TPSA) is 68.9 Å². The number of imidazole rings is 1. The second kappa shape index (κ2) is 13.3. The summed E-state index contributed by atoms with van der Waals surface area (Å²) in [7, 11) is -3.80. The van der Waals surface area contributed by atoms with Crippen molar-refractivity contribution >= 4 is 20.9 Å². The van der Waals surface area contributed by atoms with E-state index in [2.05, 4.69) is 115 Å². The van der Waals surface area contributed by atoms with E-state index in [-0.39, 0.29) is 10.9 Å². The summed E-state index contributed by atoms with van der Waals surface area (Å²) in [6.45, 7) is 6.84. The molecule has 2 heterocycles. The fourth-order valence-corrected chi connectivity index (χ4v) is 8.98. The molecule has 2 aromatic heterocycles. The van der Waals surface area contributed by atoms with Gasteiger partial charge in [-0.1, -0.05) is 127 Å². The highest BCUT2D eigenvalue weighted by Crippen LogP contribution is 2.42. The van der Waals surface area contributed by atoms with Gasteiger partial charge in [0.2, 0.25) is 0 Å². The van der Waals surface area contributed by atoms with Crippen LogP contribution in [0.4, 0.5) is 0 Å². The maximum Gasteiger partial charge on any atom is 0.268 e. The van der Waals surface area contributed by atoms with E-state index in [4.69, 9.17) is 4.98 Å². The minimum atomic E-state index is -3.80. The third kappa shape index (κ3) is 5.59. The Balaban J connectivity index is 1.24. The molecule has 1 N–H and O–H groups in total. The van der Waals surface area contributed by atoms with Gasteiger partial charge < -0.3 is 9.88 Å². The fraction of sp³-hybridized carbons (Fsp3) is 0.167. The number of rotatable bonds is 11. The molecule has 0 fully saturated rings. The van der Waals surface area contributed by atoms with Crippen molar-refractivity contribution in [2.45, 2.75) is 43.7 Å². The fourth-order valence-electron chi connectivity index (χ4n) is 7.33. The Morgan fingerprint density at radius 1 is 0.694 bits per heavy atom. The van der Waals surface area contributed by atoms with E-state index in [1.807, 2.05) is 43.6 Å². The van der Waals surface area contributed by atoms with Crippen LogP contribution in [-0.2, 0) is 22.0 Å². The van der Waals surface area contributed by atoms with Crippen molar-refractivity contribution in [2.24, 2.45) is 0 Å². The number of aryl methyl sites for hydroxylation is 1. The number of nitrogens with one attached hydrogen (secondary N) is 1. The average molecular weight is 665 g/mol. The molecular formula is C42H40N4O2S. The van der Waals surface area contributed by atoms with Crippen LogP contribution in [0.25, 0.3) is 10.9 Å². The first-order chi connectivity index (χ1) is 23.8. The molecule has 7 aromatic rings. The molecule has 5 aromatic carbocycles. The van der Waals surface area contributed by atoms with Gasteiger partial charge in [-0.2, -0.15) is 0 Å². The highest BCUT2D eigenvalue weighted by molar-refractivity contribution is 7.90. The molecule has 6 nitrogen and oxygen atoms in total. The first-order valence-electron chi connectivity index (χ1n) is 16.7. The van der Waals surface area contributed by atoms with Gasteiger partial charge in [0.05, 0.1) is 22.4 Å². The zero-order valence-electron chi connectivity index (χ0n) is 28.0. The van der Waals surface area contributed by atoms with E-state index in [1.165, 1.54) is 3.97 Å². The van der Waals surface area contributed by atoms with Crippen LogP contribution < -0.4 is 5.32 Å². The van der Waals surface area contributed by atoms with Gasteiger partial charge in [0.25, 0.3) is 10.0 Å². The van der Waals surface area contributed by atoms with Crippen LogP contribution in [0.3, 0.4) is 0 Å². The largest absolute Gasteiger partial charge is 0.316 e. The summed E-state index contributed by atoms with van der Waals surface area (Å²) in [5.41, 5.74) is 7.22. The van der Waals surface area contributed by atoms with Crippen molar-refractivity contribution in [3.05, 3.63) is 191 Å². The average Bonchev–Trinajstić information content (AvgIpc) is 3.67. The molecule has 0 saturated heterocycles. The Morgan fingerprint density at radius 2 is 1.18 bits per heavy atom. The lowest BCUT2D eigenvalue weighted by atomic mass is 9.76. The van der Waals surface area contributed by atoms with Crippen LogP contribution in [0, 0.1) is 13.8 Å². The van der Waals surface area contributed by atoms with E-state index >= 15 is 0 Å². The summed E-state index contributed by atoms with van der Waals surface area (Å²) in [4.78, 5) is 5.31. The summed E-state index contributed by atoms with van der Waals surface area (Å²) < 4.78 is 31.9.